The van der Waals surface area contributed by atoms with E-state index in [9.17, 15) is 8.78 Å². The molecule has 1 N–H and O–H groups in total. The Bertz CT molecular complexity index is 344. The minimum absolute atomic E-state index is 0.318. The molecular weight excluding hydrogens is 232 g/mol. The molecule has 1 aromatic carbocycles. The Morgan fingerprint density at radius 1 is 1.19 bits per heavy atom. The summed E-state index contributed by atoms with van der Waals surface area (Å²) in [5.74, 6) is -0.441. The fraction of sp³-hybridized carbons (Fsp3) is 0.500. The Morgan fingerprint density at radius 3 is 2.38 bits per heavy atom. The van der Waals surface area contributed by atoms with Gasteiger partial charge >= 0.3 is 0 Å². The summed E-state index contributed by atoms with van der Waals surface area (Å²) in [6.07, 6.45) is 2.07. The van der Waals surface area contributed by atoms with Crippen LogP contribution in [0.5, 0.6) is 0 Å². The number of alkyl halides is 1. The van der Waals surface area contributed by atoms with Gasteiger partial charge in [0, 0.05) is 18.0 Å². The zero-order valence-corrected chi connectivity index (χ0v) is 9.61. The number of nitrogens with one attached hydrogen (secondary N) is 1. The highest BCUT2D eigenvalue weighted by Crippen LogP contribution is 2.31. The summed E-state index contributed by atoms with van der Waals surface area (Å²) < 4.78 is 25.7. The van der Waals surface area contributed by atoms with Gasteiger partial charge in [-0.3, -0.25) is 0 Å². The quantitative estimate of drug-likeness (QED) is 0.804. The maximum atomic E-state index is 12.9. The second kappa shape index (κ2) is 5.11. The van der Waals surface area contributed by atoms with Crippen molar-refractivity contribution < 1.29 is 8.78 Å². The highest BCUT2D eigenvalue weighted by molar-refractivity contribution is 6.21. The van der Waals surface area contributed by atoms with Crippen molar-refractivity contribution in [3.63, 3.8) is 0 Å². The third-order valence-corrected chi connectivity index (χ3v) is 3.22. The van der Waals surface area contributed by atoms with Crippen LogP contribution in [-0.2, 0) is 6.54 Å². The molecule has 0 aliphatic heterocycles. The van der Waals surface area contributed by atoms with Crippen molar-refractivity contribution in [2.24, 2.45) is 5.92 Å². The zero-order chi connectivity index (χ0) is 11.5. The summed E-state index contributed by atoms with van der Waals surface area (Å²) in [5, 5.41) is 3.50. The minimum Gasteiger partial charge on any atom is -0.312 e. The second-order valence-electron chi connectivity index (χ2n) is 4.34. The third-order valence-electron chi connectivity index (χ3n) is 2.86. The fourth-order valence-electron chi connectivity index (χ4n) is 1.95. The van der Waals surface area contributed by atoms with E-state index in [-0.39, 0.29) is 0 Å². The highest BCUT2D eigenvalue weighted by Gasteiger charge is 2.26. The van der Waals surface area contributed by atoms with Gasteiger partial charge in [0.2, 0.25) is 0 Å². The molecule has 0 saturated heterocycles. The molecule has 88 valence electrons. The van der Waals surface area contributed by atoms with Crippen LogP contribution in [0.2, 0.25) is 0 Å². The van der Waals surface area contributed by atoms with Crippen LogP contribution in [0.4, 0.5) is 8.78 Å². The number of rotatable bonds is 4. The van der Waals surface area contributed by atoms with Crippen molar-refractivity contribution in [1.29, 1.82) is 0 Å². The van der Waals surface area contributed by atoms with E-state index < -0.39 is 11.6 Å². The summed E-state index contributed by atoms with van der Waals surface area (Å²) in [6.45, 7) is 1.36. The van der Waals surface area contributed by atoms with Crippen LogP contribution in [-0.4, -0.2) is 11.9 Å². The molecule has 0 spiro atoms. The van der Waals surface area contributed by atoms with Crippen LogP contribution in [0.3, 0.4) is 0 Å². The standard InChI is InChI=1S/C12H14ClF2N/c13-10-1-8(2-10)6-16-7-9-3-11(14)5-12(15)4-9/h3-5,8,10,16H,1-2,6-7H2. The van der Waals surface area contributed by atoms with Gasteiger partial charge in [-0.05, 0) is 43.0 Å². The lowest BCUT2D eigenvalue weighted by Gasteiger charge is -2.30. The molecule has 1 aliphatic rings. The van der Waals surface area contributed by atoms with Crippen molar-refractivity contribution in [3.05, 3.63) is 35.4 Å². The Balaban J connectivity index is 1.76. The Hall–Kier alpha value is -0.670. The molecule has 1 saturated carbocycles. The van der Waals surface area contributed by atoms with E-state index in [0.717, 1.165) is 25.5 Å². The predicted octanol–water partition coefficient (Wildman–Crippen LogP) is 3.07. The molecule has 0 aromatic heterocycles. The largest absolute Gasteiger partial charge is 0.312 e. The van der Waals surface area contributed by atoms with Crippen LogP contribution < -0.4 is 5.32 Å². The number of hydrogen-bond donors (Lipinski definition) is 1. The number of hydrogen-bond acceptors (Lipinski definition) is 1. The third kappa shape index (κ3) is 3.16. The lowest BCUT2D eigenvalue weighted by atomic mass is 9.85. The number of halogens is 3. The summed E-state index contributed by atoms with van der Waals surface area (Å²) in [6, 6.07) is 3.58. The first kappa shape index (κ1) is 11.8. The maximum absolute atomic E-state index is 12.9. The molecular formula is C12H14ClF2N. The monoisotopic (exact) mass is 245 g/mol. The highest BCUT2D eigenvalue weighted by atomic mass is 35.5. The normalized spacial score (nSPS) is 24.2. The van der Waals surface area contributed by atoms with E-state index in [1.807, 2.05) is 0 Å². The molecule has 1 nitrogen and oxygen atoms in total. The van der Waals surface area contributed by atoms with Crippen molar-refractivity contribution in [3.8, 4) is 0 Å². The van der Waals surface area contributed by atoms with Crippen LogP contribution in [0.1, 0.15) is 18.4 Å². The van der Waals surface area contributed by atoms with Crippen LogP contribution >= 0.6 is 11.6 Å². The maximum Gasteiger partial charge on any atom is 0.126 e. The predicted molar refractivity (Wildman–Crippen MR) is 60.4 cm³/mol. The summed E-state index contributed by atoms with van der Waals surface area (Å²) >= 11 is 5.85. The second-order valence-corrected chi connectivity index (χ2v) is 4.96. The van der Waals surface area contributed by atoms with Gasteiger partial charge in [0.05, 0.1) is 0 Å². The molecule has 1 aromatic rings. The van der Waals surface area contributed by atoms with Gasteiger partial charge in [0.1, 0.15) is 11.6 Å². The molecule has 0 atom stereocenters. The smallest absolute Gasteiger partial charge is 0.126 e. The van der Waals surface area contributed by atoms with E-state index in [4.69, 9.17) is 11.6 Å². The molecule has 0 heterocycles. The van der Waals surface area contributed by atoms with Gasteiger partial charge < -0.3 is 5.32 Å². The SMILES string of the molecule is Fc1cc(F)cc(CNCC2CC(Cl)C2)c1. The molecule has 1 fully saturated rings. The Kier molecular flexibility index (Phi) is 3.77. The van der Waals surface area contributed by atoms with Crippen molar-refractivity contribution >= 4 is 11.6 Å². The molecule has 2 rings (SSSR count). The topological polar surface area (TPSA) is 12.0 Å². The lowest BCUT2D eigenvalue weighted by Crippen LogP contribution is -2.33. The Morgan fingerprint density at radius 2 is 1.81 bits per heavy atom. The van der Waals surface area contributed by atoms with Gasteiger partial charge in [-0.25, -0.2) is 8.78 Å². The van der Waals surface area contributed by atoms with Crippen LogP contribution in [0.15, 0.2) is 18.2 Å². The van der Waals surface area contributed by atoms with Gasteiger partial charge in [-0.15, -0.1) is 11.6 Å². The zero-order valence-electron chi connectivity index (χ0n) is 8.85. The van der Waals surface area contributed by atoms with E-state index in [1.54, 1.807) is 0 Å². The first-order chi connectivity index (χ1) is 7.63. The van der Waals surface area contributed by atoms with Crippen molar-refractivity contribution in [2.75, 3.05) is 6.54 Å². The first-order valence-corrected chi connectivity index (χ1v) is 5.87. The minimum atomic E-state index is -0.527. The average Bonchev–Trinajstić information content (AvgIpc) is 2.13. The molecule has 1 aliphatic carbocycles. The van der Waals surface area contributed by atoms with Crippen molar-refractivity contribution in [2.45, 2.75) is 24.8 Å². The Labute approximate surface area is 98.8 Å². The van der Waals surface area contributed by atoms with E-state index in [1.165, 1.54) is 12.1 Å². The summed E-state index contributed by atoms with van der Waals surface area (Å²) in [4.78, 5) is 0. The van der Waals surface area contributed by atoms with Gasteiger partial charge in [-0.1, -0.05) is 0 Å². The van der Waals surface area contributed by atoms with Gasteiger partial charge in [0.25, 0.3) is 0 Å². The molecule has 16 heavy (non-hydrogen) atoms. The van der Waals surface area contributed by atoms with Crippen LogP contribution in [0, 0.1) is 17.6 Å². The van der Waals surface area contributed by atoms with Crippen molar-refractivity contribution in [1.82, 2.24) is 5.32 Å². The lowest BCUT2D eigenvalue weighted by molar-refractivity contribution is 0.308. The first-order valence-electron chi connectivity index (χ1n) is 5.43. The summed E-state index contributed by atoms with van der Waals surface area (Å²) in [7, 11) is 0. The molecule has 0 bridgehead atoms. The van der Waals surface area contributed by atoms with Gasteiger partial charge in [0.15, 0.2) is 0 Å². The number of benzene rings is 1. The molecule has 4 heteroatoms. The fourth-order valence-corrected chi connectivity index (χ4v) is 2.46. The molecule has 0 radical (unpaired) electrons. The van der Waals surface area contributed by atoms with Crippen LogP contribution in [0.25, 0.3) is 0 Å². The molecule has 0 amide bonds. The van der Waals surface area contributed by atoms with E-state index >= 15 is 0 Å². The van der Waals surface area contributed by atoms with E-state index in [2.05, 4.69) is 5.32 Å². The van der Waals surface area contributed by atoms with Gasteiger partial charge in [-0.2, -0.15) is 0 Å². The van der Waals surface area contributed by atoms with E-state index in [0.29, 0.717) is 23.4 Å². The molecule has 0 unspecified atom stereocenters. The summed E-state index contributed by atoms with van der Waals surface area (Å²) in [5.41, 5.74) is 0.638. The average molecular weight is 246 g/mol.